The normalized spacial score (nSPS) is 17.0. The van der Waals surface area contributed by atoms with E-state index >= 15 is 0 Å². The average molecular weight is 392 g/mol. The van der Waals surface area contributed by atoms with Crippen LogP contribution in [0.15, 0.2) is 36.4 Å². The van der Waals surface area contributed by atoms with Gasteiger partial charge < -0.3 is 15.0 Å². The van der Waals surface area contributed by atoms with Crippen LogP contribution in [0, 0.1) is 6.92 Å². The molecule has 0 saturated carbocycles. The number of hydrogen-bond donors (Lipinski definition) is 2. The predicted molar refractivity (Wildman–Crippen MR) is 117 cm³/mol. The summed E-state index contributed by atoms with van der Waals surface area (Å²) in [6, 6.07) is 12.3. The number of aryl methyl sites for hydroxylation is 1. The van der Waals surface area contributed by atoms with Crippen LogP contribution < -0.4 is 10.1 Å². The number of anilines is 1. The van der Waals surface area contributed by atoms with Gasteiger partial charge in [0.1, 0.15) is 11.6 Å². The third-order valence-corrected chi connectivity index (χ3v) is 5.74. The number of aromatic nitrogens is 2. The molecule has 2 N–H and O–H groups in total. The Morgan fingerprint density at radius 3 is 2.48 bits per heavy atom. The fraction of sp³-hybridized carbons (Fsp3) is 0.417. The number of fused-ring (bicyclic) bond motifs is 2. The van der Waals surface area contributed by atoms with Crippen molar-refractivity contribution in [3.05, 3.63) is 53.3 Å². The molecule has 152 valence electrons. The number of ether oxygens (including phenoxy) is 1. The van der Waals surface area contributed by atoms with Crippen molar-refractivity contribution in [2.45, 2.75) is 64.9 Å². The monoisotopic (exact) mass is 391 g/mol. The fourth-order valence-corrected chi connectivity index (χ4v) is 3.89. The third-order valence-electron chi connectivity index (χ3n) is 5.74. The second-order valence-corrected chi connectivity index (χ2v) is 9.70. The maximum Gasteiger partial charge on any atom is 0.265 e. The van der Waals surface area contributed by atoms with Crippen molar-refractivity contribution in [3.63, 3.8) is 0 Å². The lowest BCUT2D eigenvalue weighted by molar-refractivity contribution is -0.124. The zero-order valence-electron chi connectivity index (χ0n) is 18.0. The highest BCUT2D eigenvalue weighted by atomic mass is 16.5. The minimum absolute atomic E-state index is 0.0157. The number of H-pyrrole nitrogens is 1. The molecule has 0 aliphatic carbocycles. The molecule has 1 aliphatic rings. The lowest BCUT2D eigenvalue weighted by Gasteiger charge is -2.33. The lowest BCUT2D eigenvalue weighted by Crippen LogP contribution is -2.41. The minimum Gasteiger partial charge on any atom is -0.478 e. The Bertz CT molecular complexity index is 1090. The molecular formula is C24H29N3O2. The summed E-state index contributed by atoms with van der Waals surface area (Å²) in [4.78, 5) is 20.6. The first-order valence-electron chi connectivity index (χ1n) is 10.1. The van der Waals surface area contributed by atoms with Crippen molar-refractivity contribution in [3.8, 4) is 5.75 Å². The first kappa shape index (κ1) is 19.5. The molecule has 2 heterocycles. The molecule has 0 bridgehead atoms. The topological polar surface area (TPSA) is 67.0 Å². The molecule has 1 aromatic heterocycles. The van der Waals surface area contributed by atoms with Crippen molar-refractivity contribution < 1.29 is 9.53 Å². The van der Waals surface area contributed by atoms with Gasteiger partial charge in [-0.2, -0.15) is 0 Å². The second-order valence-electron chi connectivity index (χ2n) is 9.70. The highest BCUT2D eigenvalue weighted by molar-refractivity contribution is 5.98. The van der Waals surface area contributed by atoms with Gasteiger partial charge in [0.25, 0.3) is 5.91 Å². The van der Waals surface area contributed by atoms with Gasteiger partial charge in [-0.15, -0.1) is 0 Å². The van der Waals surface area contributed by atoms with Gasteiger partial charge >= 0.3 is 0 Å². The second kappa shape index (κ2) is 6.61. The number of aromatic amines is 1. The van der Waals surface area contributed by atoms with E-state index in [4.69, 9.17) is 4.74 Å². The zero-order chi connectivity index (χ0) is 21.0. The van der Waals surface area contributed by atoms with E-state index < -0.39 is 6.10 Å². The maximum absolute atomic E-state index is 12.8. The number of rotatable bonds is 3. The van der Waals surface area contributed by atoms with Crippen LogP contribution in [0.4, 0.5) is 5.69 Å². The van der Waals surface area contributed by atoms with Crippen molar-refractivity contribution in [1.82, 2.24) is 9.97 Å². The van der Waals surface area contributed by atoms with Crippen LogP contribution in [0.2, 0.25) is 0 Å². The van der Waals surface area contributed by atoms with E-state index in [-0.39, 0.29) is 16.7 Å². The van der Waals surface area contributed by atoms with Crippen LogP contribution in [0.5, 0.6) is 5.75 Å². The van der Waals surface area contributed by atoms with Gasteiger partial charge in [0.05, 0.1) is 16.7 Å². The molecule has 0 radical (unpaired) electrons. The van der Waals surface area contributed by atoms with Gasteiger partial charge in [0, 0.05) is 6.42 Å². The highest BCUT2D eigenvalue weighted by Crippen LogP contribution is 2.38. The molecule has 0 spiro atoms. The number of hydrogen-bond acceptors (Lipinski definition) is 3. The lowest BCUT2D eigenvalue weighted by atomic mass is 9.79. The SMILES string of the molecule is Cc1nc2cc(C(C)(C)CC3Oc4ccc(C(C)(C)C)cc4NC3=O)ccc2[nH]1. The largest absolute Gasteiger partial charge is 0.478 e. The number of benzene rings is 2. The Balaban J connectivity index is 1.57. The van der Waals surface area contributed by atoms with E-state index in [1.807, 2.05) is 19.1 Å². The highest BCUT2D eigenvalue weighted by Gasteiger charge is 2.35. The van der Waals surface area contributed by atoms with E-state index in [0.717, 1.165) is 33.9 Å². The molecule has 1 aliphatic heterocycles. The molecule has 4 rings (SSSR count). The Hall–Kier alpha value is -2.82. The number of amides is 1. The molecule has 3 aromatic rings. The van der Waals surface area contributed by atoms with Gasteiger partial charge in [-0.05, 0) is 53.1 Å². The molecule has 29 heavy (non-hydrogen) atoms. The van der Waals surface area contributed by atoms with Crippen LogP contribution in [-0.4, -0.2) is 22.0 Å². The molecule has 5 nitrogen and oxygen atoms in total. The van der Waals surface area contributed by atoms with E-state index in [1.165, 1.54) is 5.56 Å². The Morgan fingerprint density at radius 2 is 1.76 bits per heavy atom. The van der Waals surface area contributed by atoms with Crippen LogP contribution in [0.1, 0.15) is 58.0 Å². The van der Waals surface area contributed by atoms with Crippen molar-refractivity contribution in [1.29, 1.82) is 0 Å². The first-order chi connectivity index (χ1) is 13.5. The molecule has 1 amide bonds. The summed E-state index contributed by atoms with van der Waals surface area (Å²) in [5.74, 6) is 1.54. The Kier molecular flexibility index (Phi) is 4.45. The van der Waals surface area contributed by atoms with Gasteiger partial charge in [-0.3, -0.25) is 4.79 Å². The van der Waals surface area contributed by atoms with E-state index in [0.29, 0.717) is 6.42 Å². The molecule has 1 atom stereocenters. The summed E-state index contributed by atoms with van der Waals surface area (Å²) in [7, 11) is 0. The van der Waals surface area contributed by atoms with Crippen molar-refractivity contribution >= 4 is 22.6 Å². The fourth-order valence-electron chi connectivity index (χ4n) is 3.89. The summed E-state index contributed by atoms with van der Waals surface area (Å²) in [5.41, 5.74) is 4.81. The molecule has 0 saturated heterocycles. The quantitative estimate of drug-likeness (QED) is 0.642. The van der Waals surface area contributed by atoms with Gasteiger partial charge in [-0.25, -0.2) is 4.98 Å². The molecule has 0 fully saturated rings. The van der Waals surface area contributed by atoms with Gasteiger partial charge in [0.2, 0.25) is 0 Å². The summed E-state index contributed by atoms with van der Waals surface area (Å²) >= 11 is 0. The van der Waals surface area contributed by atoms with E-state index in [2.05, 4.69) is 74.2 Å². The standard InChI is InChI=1S/C24H29N3O2/c1-14-25-17-9-7-16(12-18(17)26-14)24(5,6)13-21-22(28)27-19-11-15(23(2,3)4)8-10-20(19)29-21/h7-12,21H,13H2,1-6H3,(H,25,26)(H,27,28). The van der Waals surface area contributed by atoms with Crippen LogP contribution in [0.3, 0.4) is 0 Å². The van der Waals surface area contributed by atoms with Crippen molar-refractivity contribution in [2.24, 2.45) is 0 Å². The smallest absolute Gasteiger partial charge is 0.265 e. The molecular weight excluding hydrogens is 362 g/mol. The molecule has 5 heteroatoms. The molecule has 2 aromatic carbocycles. The Labute approximate surface area is 171 Å². The van der Waals surface area contributed by atoms with E-state index in [9.17, 15) is 4.79 Å². The summed E-state index contributed by atoms with van der Waals surface area (Å²) in [5, 5.41) is 3.05. The number of nitrogens with zero attached hydrogens (tertiary/aromatic N) is 1. The number of carbonyl (C=O) groups is 1. The zero-order valence-corrected chi connectivity index (χ0v) is 18.0. The Morgan fingerprint density at radius 1 is 1.03 bits per heavy atom. The van der Waals surface area contributed by atoms with Crippen LogP contribution in [0.25, 0.3) is 11.0 Å². The van der Waals surface area contributed by atoms with Gasteiger partial charge in [-0.1, -0.05) is 46.8 Å². The summed E-state index contributed by atoms with van der Waals surface area (Å²) < 4.78 is 6.13. The summed E-state index contributed by atoms with van der Waals surface area (Å²) in [6.45, 7) is 12.7. The number of imidazole rings is 1. The number of nitrogens with one attached hydrogen (secondary N) is 2. The van der Waals surface area contributed by atoms with Crippen molar-refractivity contribution in [2.75, 3.05) is 5.32 Å². The third kappa shape index (κ3) is 3.74. The van der Waals surface area contributed by atoms with Gasteiger partial charge in [0.15, 0.2) is 6.10 Å². The molecule has 1 unspecified atom stereocenters. The minimum atomic E-state index is -0.533. The average Bonchev–Trinajstić information content (AvgIpc) is 3.00. The van der Waals surface area contributed by atoms with Crippen LogP contribution in [-0.2, 0) is 15.6 Å². The number of carbonyl (C=O) groups excluding carboxylic acids is 1. The van der Waals surface area contributed by atoms with Crippen LogP contribution >= 0.6 is 0 Å². The predicted octanol–water partition coefficient (Wildman–Crippen LogP) is 5.24. The van der Waals surface area contributed by atoms with E-state index in [1.54, 1.807) is 0 Å². The maximum atomic E-state index is 12.8. The summed E-state index contributed by atoms with van der Waals surface area (Å²) in [6.07, 6.45) is 0.0448. The first-order valence-corrected chi connectivity index (χ1v) is 10.1.